The molecule has 7 aromatic rings. The van der Waals surface area contributed by atoms with Crippen LogP contribution in [0, 0.1) is 49.9 Å². The zero-order valence-electron chi connectivity index (χ0n) is 48.4. The quantitative estimate of drug-likeness (QED) is 0.0202. The van der Waals surface area contributed by atoms with Gasteiger partial charge in [-0.05, 0) is 146 Å². The Morgan fingerprint density at radius 3 is 1.46 bits per heavy atom. The van der Waals surface area contributed by atoms with Crippen LogP contribution in [0.1, 0.15) is 124 Å². The van der Waals surface area contributed by atoms with Crippen molar-refractivity contribution in [3.05, 3.63) is 189 Å². The number of hydrogen-bond acceptors (Lipinski definition) is 10. The third-order valence-corrected chi connectivity index (χ3v) is 12.0. The molecular formula is C63H83F8N7O3. The first kappa shape index (κ1) is 71.0. The minimum absolute atomic E-state index is 0.0340. The molecule has 10 nitrogen and oxygen atoms in total. The lowest BCUT2D eigenvalue weighted by molar-refractivity contribution is -0.137. The van der Waals surface area contributed by atoms with Gasteiger partial charge in [0.15, 0.2) is 23.3 Å². The standard InChI is InChI=1S/C14H23N.C10H15N.C9H13N.C8H8F3NO.2C8H11NO.C6H2F5N/c1-2-3-4-5-6-7-8-13-9-11-14(15)12-10-13;1-7(2)9-6-4-5-8(3)10(9)11;1-7(2)8-3-5-9(10)6-4-8;1-13-7-3-5(8(9,10)11)2-6(12)4-7;1-6-5-7(10-2)3-4-8(6)9;1-6-3-4-8(10-2)7(9)5-6;7-1-2(8)4(10)6(12)5(11)3(1)9/h9-12H,2-8,15H2,1H3;4-7H,11H2,1-3H3;3-7H,10H2,1-2H3;2-4H,12H2,1H3;2*3-5H,9H2,1-2H3;12H2. The molecule has 7 rings (SSSR count). The van der Waals surface area contributed by atoms with Gasteiger partial charge in [-0.3, -0.25) is 0 Å². The Bertz CT molecular complexity index is 2830. The highest BCUT2D eigenvalue weighted by atomic mass is 19.4. The van der Waals surface area contributed by atoms with E-state index in [9.17, 15) is 35.1 Å². The van der Waals surface area contributed by atoms with Crippen LogP contribution in [-0.4, -0.2) is 21.3 Å². The summed E-state index contributed by atoms with van der Waals surface area (Å²) in [5.41, 5.74) is 47.5. The van der Waals surface area contributed by atoms with Gasteiger partial charge in [0.05, 0.1) is 32.6 Å². The summed E-state index contributed by atoms with van der Waals surface area (Å²) in [4.78, 5) is 0. The van der Waals surface area contributed by atoms with Gasteiger partial charge < -0.3 is 54.3 Å². The number of unbranched alkanes of at least 4 members (excludes halogenated alkanes) is 5. The normalized spacial score (nSPS) is 10.3. The van der Waals surface area contributed by atoms with E-state index >= 15 is 0 Å². The van der Waals surface area contributed by atoms with Crippen molar-refractivity contribution in [1.82, 2.24) is 0 Å². The van der Waals surface area contributed by atoms with Gasteiger partial charge in [0, 0.05) is 34.5 Å². The first-order chi connectivity index (χ1) is 38.0. The minimum atomic E-state index is -4.39. The summed E-state index contributed by atoms with van der Waals surface area (Å²) in [6.45, 7) is 16.9. The second kappa shape index (κ2) is 36.3. The summed E-state index contributed by atoms with van der Waals surface area (Å²) in [6, 6.07) is 36.9. The molecule has 0 unspecified atom stereocenters. The number of aryl methyl sites for hydroxylation is 4. The number of halogens is 8. The Labute approximate surface area is 474 Å². The van der Waals surface area contributed by atoms with Gasteiger partial charge in [-0.2, -0.15) is 13.2 Å². The summed E-state index contributed by atoms with van der Waals surface area (Å²) in [5.74, 6) is -7.48. The van der Waals surface area contributed by atoms with Crippen LogP contribution in [-0.2, 0) is 12.6 Å². The molecule has 0 radical (unpaired) electrons. The number of nitrogen functional groups attached to an aromatic ring is 7. The van der Waals surface area contributed by atoms with Crippen molar-refractivity contribution in [3.8, 4) is 17.2 Å². The Morgan fingerprint density at radius 2 is 0.988 bits per heavy atom. The maximum absolute atomic E-state index is 12.3. The molecular weight excluding hydrogens is 1050 g/mol. The lowest BCUT2D eigenvalue weighted by Crippen LogP contribution is -2.06. The number of para-hydroxylation sites is 1. The molecule has 0 atom stereocenters. The summed E-state index contributed by atoms with van der Waals surface area (Å²) >= 11 is 0. The third kappa shape index (κ3) is 26.2. The number of ether oxygens (including phenoxy) is 3. The van der Waals surface area contributed by atoms with Crippen LogP contribution in [0.3, 0.4) is 0 Å². The molecule has 81 heavy (non-hydrogen) atoms. The van der Waals surface area contributed by atoms with Crippen molar-refractivity contribution in [2.75, 3.05) is 61.5 Å². The number of anilines is 7. The second-order valence-corrected chi connectivity index (χ2v) is 19.3. The third-order valence-electron chi connectivity index (χ3n) is 12.0. The fourth-order valence-corrected chi connectivity index (χ4v) is 7.04. The van der Waals surface area contributed by atoms with Gasteiger partial charge in [0.25, 0.3) is 0 Å². The van der Waals surface area contributed by atoms with E-state index in [1.165, 1.54) is 80.4 Å². The molecule has 14 N–H and O–H groups in total. The van der Waals surface area contributed by atoms with Gasteiger partial charge in [0.1, 0.15) is 22.9 Å². The predicted molar refractivity (Wildman–Crippen MR) is 320 cm³/mol. The number of benzene rings is 7. The number of methoxy groups -OCH3 is 3. The number of rotatable bonds is 12. The summed E-state index contributed by atoms with van der Waals surface area (Å²) in [6.07, 6.45) is 5.01. The molecule has 444 valence electrons. The molecule has 0 aromatic heterocycles. The lowest BCUT2D eigenvalue weighted by Gasteiger charge is -2.10. The SMILES string of the molecule is CC(C)c1ccc(N)cc1.CCCCCCCCc1ccc(N)cc1.COc1cc(N)cc(C(F)(F)F)c1.COc1ccc(C)cc1N.COc1ccc(N)c(C)c1.Cc1cccc(C(C)C)c1N.Nc1c(F)c(F)c(F)c(F)c1F. The van der Waals surface area contributed by atoms with Crippen LogP contribution >= 0.6 is 0 Å². The highest BCUT2D eigenvalue weighted by molar-refractivity contribution is 5.55. The highest BCUT2D eigenvalue weighted by Gasteiger charge is 2.31. The van der Waals surface area contributed by atoms with Crippen LogP contribution in [0.5, 0.6) is 17.2 Å². The van der Waals surface area contributed by atoms with Gasteiger partial charge in [-0.1, -0.05) is 115 Å². The first-order valence-electron chi connectivity index (χ1n) is 26.2. The van der Waals surface area contributed by atoms with Crippen molar-refractivity contribution in [1.29, 1.82) is 0 Å². The fourth-order valence-electron chi connectivity index (χ4n) is 7.04. The lowest BCUT2D eigenvalue weighted by atomic mass is 9.99. The van der Waals surface area contributed by atoms with Crippen LogP contribution in [0.15, 0.2) is 121 Å². The van der Waals surface area contributed by atoms with E-state index in [-0.39, 0.29) is 11.4 Å². The molecule has 0 saturated carbocycles. The molecule has 0 aliphatic carbocycles. The monoisotopic (exact) mass is 1140 g/mol. The summed E-state index contributed by atoms with van der Waals surface area (Å²) in [5, 5.41) is 0. The zero-order valence-corrected chi connectivity index (χ0v) is 48.4. The van der Waals surface area contributed by atoms with Gasteiger partial charge in [-0.25, -0.2) is 22.0 Å². The highest BCUT2D eigenvalue weighted by Crippen LogP contribution is 2.33. The van der Waals surface area contributed by atoms with E-state index in [1.807, 2.05) is 87.5 Å². The van der Waals surface area contributed by atoms with Crippen molar-refractivity contribution in [3.63, 3.8) is 0 Å². The first-order valence-corrected chi connectivity index (χ1v) is 26.2. The number of nitrogens with two attached hydrogens (primary N) is 7. The molecule has 0 spiro atoms. The van der Waals surface area contributed by atoms with E-state index in [0.717, 1.165) is 57.5 Å². The van der Waals surface area contributed by atoms with E-state index in [1.54, 1.807) is 14.2 Å². The van der Waals surface area contributed by atoms with Gasteiger partial charge in [-0.15, -0.1) is 0 Å². The number of alkyl halides is 3. The predicted octanol–water partition coefficient (Wildman–Crippen LogP) is 16.7. The molecule has 0 saturated heterocycles. The largest absolute Gasteiger partial charge is 0.497 e. The topological polar surface area (TPSA) is 210 Å². The van der Waals surface area contributed by atoms with E-state index < -0.39 is 46.5 Å². The second-order valence-electron chi connectivity index (χ2n) is 19.3. The van der Waals surface area contributed by atoms with Crippen LogP contribution < -0.4 is 54.3 Å². The Balaban J connectivity index is 0.000000475. The maximum Gasteiger partial charge on any atom is 0.416 e. The Kier molecular flexibility index (Phi) is 31.8. The van der Waals surface area contributed by atoms with Crippen molar-refractivity contribution in [2.24, 2.45) is 0 Å². The molecule has 0 aliphatic heterocycles. The van der Waals surface area contributed by atoms with E-state index in [2.05, 4.69) is 81.5 Å². The average molecular weight is 1140 g/mol. The smallest absolute Gasteiger partial charge is 0.416 e. The van der Waals surface area contributed by atoms with Crippen LogP contribution in [0.2, 0.25) is 0 Å². The minimum Gasteiger partial charge on any atom is -0.497 e. The van der Waals surface area contributed by atoms with Gasteiger partial charge in [0.2, 0.25) is 5.82 Å². The maximum atomic E-state index is 12.3. The van der Waals surface area contributed by atoms with Crippen molar-refractivity contribution < 1.29 is 49.3 Å². The van der Waals surface area contributed by atoms with Crippen LogP contribution in [0.4, 0.5) is 74.9 Å². The molecule has 0 bridgehead atoms. The Morgan fingerprint density at radius 1 is 0.457 bits per heavy atom. The number of hydrogen-bond donors (Lipinski definition) is 7. The fraction of sp³-hybridized carbons (Fsp3) is 0.333. The van der Waals surface area contributed by atoms with E-state index in [4.69, 9.17) is 43.9 Å². The average Bonchev–Trinajstić information content (AvgIpc) is 3.48. The zero-order chi connectivity index (χ0) is 61.6. The van der Waals surface area contributed by atoms with Crippen LogP contribution in [0.25, 0.3) is 0 Å². The molecule has 0 fully saturated rings. The summed E-state index contributed by atoms with van der Waals surface area (Å²) < 4.78 is 112. The molecule has 0 amide bonds. The van der Waals surface area contributed by atoms with Crippen molar-refractivity contribution >= 4 is 39.8 Å². The summed E-state index contributed by atoms with van der Waals surface area (Å²) in [7, 11) is 4.54. The van der Waals surface area contributed by atoms with E-state index in [0.29, 0.717) is 17.5 Å². The molecule has 7 aromatic carbocycles. The van der Waals surface area contributed by atoms with Gasteiger partial charge >= 0.3 is 6.18 Å². The molecule has 0 heterocycles. The Hall–Kier alpha value is -8.02. The molecule has 18 heteroatoms. The van der Waals surface area contributed by atoms with Crippen molar-refractivity contribution in [2.45, 2.75) is 118 Å². The molecule has 0 aliphatic rings.